The SMILES string of the molecule is C=CCn1c(SCC(=O)C23CC4CC(CC(C4)C2)C3)nc2sc3c(c2c1=O)CCCC3. The van der Waals surface area contributed by atoms with Crippen LogP contribution in [0.5, 0.6) is 0 Å². The molecule has 5 aliphatic carbocycles. The standard InChI is InChI=1S/C25H30N2O2S2/c1-2-7-27-23(29)21-18-5-3-4-6-19(18)31-22(21)26-24(27)30-14-20(28)25-11-15-8-16(12-25)10-17(9-15)13-25/h2,15-17H,1,3-14H2. The van der Waals surface area contributed by atoms with Gasteiger partial charge in [0.25, 0.3) is 5.56 Å². The molecule has 2 aromatic heterocycles. The lowest BCUT2D eigenvalue weighted by atomic mass is 9.48. The summed E-state index contributed by atoms with van der Waals surface area (Å²) in [6.07, 6.45) is 13.5. The minimum absolute atomic E-state index is 0.0500. The maximum absolute atomic E-state index is 13.5. The van der Waals surface area contributed by atoms with E-state index in [9.17, 15) is 9.59 Å². The van der Waals surface area contributed by atoms with Gasteiger partial charge in [-0.05, 0) is 87.5 Å². The zero-order chi connectivity index (χ0) is 21.2. The van der Waals surface area contributed by atoms with Crippen molar-refractivity contribution in [1.29, 1.82) is 0 Å². The molecule has 164 valence electrons. The van der Waals surface area contributed by atoms with Crippen molar-refractivity contribution in [2.24, 2.45) is 23.2 Å². The molecule has 0 radical (unpaired) electrons. The maximum Gasteiger partial charge on any atom is 0.263 e. The second kappa shape index (κ2) is 7.58. The average molecular weight is 455 g/mol. The number of allylic oxidation sites excluding steroid dienone is 1. The van der Waals surface area contributed by atoms with Crippen LogP contribution in [0.1, 0.15) is 61.8 Å². The van der Waals surface area contributed by atoms with Gasteiger partial charge in [0.2, 0.25) is 0 Å². The van der Waals surface area contributed by atoms with Gasteiger partial charge in [0, 0.05) is 16.8 Å². The summed E-state index contributed by atoms with van der Waals surface area (Å²) in [7, 11) is 0. The summed E-state index contributed by atoms with van der Waals surface area (Å²) in [5, 5.41) is 1.51. The molecule has 4 fully saturated rings. The molecule has 2 heterocycles. The fourth-order valence-electron chi connectivity index (χ4n) is 7.36. The lowest BCUT2D eigenvalue weighted by molar-refractivity contribution is -0.141. The van der Waals surface area contributed by atoms with Crippen molar-refractivity contribution in [2.45, 2.75) is 75.9 Å². The molecule has 5 aliphatic rings. The van der Waals surface area contributed by atoms with Crippen LogP contribution in [0.3, 0.4) is 0 Å². The Morgan fingerprint density at radius 3 is 2.52 bits per heavy atom. The number of fused-ring (bicyclic) bond motifs is 3. The number of thiophene rings is 1. The molecule has 2 aromatic rings. The van der Waals surface area contributed by atoms with Crippen LogP contribution in [0.2, 0.25) is 0 Å². The molecule has 6 heteroatoms. The number of ketones is 1. The molecule has 0 unspecified atom stereocenters. The summed E-state index contributed by atoms with van der Waals surface area (Å²) in [4.78, 5) is 34.0. The minimum Gasteiger partial charge on any atom is -0.298 e. The monoisotopic (exact) mass is 454 g/mol. The Morgan fingerprint density at radius 2 is 1.84 bits per heavy atom. The van der Waals surface area contributed by atoms with E-state index in [4.69, 9.17) is 4.98 Å². The first-order valence-electron chi connectivity index (χ1n) is 11.9. The highest BCUT2D eigenvalue weighted by atomic mass is 32.2. The Labute approximate surface area is 191 Å². The zero-order valence-electron chi connectivity index (χ0n) is 18.0. The van der Waals surface area contributed by atoms with E-state index in [2.05, 4.69) is 6.58 Å². The van der Waals surface area contributed by atoms with Gasteiger partial charge in [0.1, 0.15) is 10.6 Å². The van der Waals surface area contributed by atoms with Crippen molar-refractivity contribution in [3.05, 3.63) is 33.4 Å². The Hall–Kier alpha value is -1.40. The van der Waals surface area contributed by atoms with Gasteiger partial charge in [-0.1, -0.05) is 17.8 Å². The number of hydrogen-bond acceptors (Lipinski definition) is 5. The topological polar surface area (TPSA) is 52.0 Å². The van der Waals surface area contributed by atoms with E-state index in [1.165, 1.54) is 47.9 Å². The Morgan fingerprint density at radius 1 is 1.16 bits per heavy atom. The van der Waals surface area contributed by atoms with Crippen molar-refractivity contribution in [3.63, 3.8) is 0 Å². The molecule has 0 N–H and O–H groups in total. The smallest absolute Gasteiger partial charge is 0.263 e. The van der Waals surface area contributed by atoms with Crippen molar-refractivity contribution in [2.75, 3.05) is 5.75 Å². The number of aromatic nitrogens is 2. The second-order valence-corrected chi connectivity index (χ2v) is 12.4. The summed E-state index contributed by atoms with van der Waals surface area (Å²) in [5.74, 6) is 3.15. The molecule has 0 saturated heterocycles. The van der Waals surface area contributed by atoms with E-state index in [1.807, 2.05) is 0 Å². The molecular weight excluding hydrogens is 424 g/mol. The van der Waals surface area contributed by atoms with Gasteiger partial charge in [0.15, 0.2) is 5.16 Å². The van der Waals surface area contributed by atoms with Crippen LogP contribution in [-0.4, -0.2) is 21.1 Å². The minimum atomic E-state index is -0.0859. The number of carbonyl (C=O) groups is 1. The van der Waals surface area contributed by atoms with Crippen molar-refractivity contribution in [1.82, 2.24) is 9.55 Å². The highest BCUT2D eigenvalue weighted by Crippen LogP contribution is 2.60. The quantitative estimate of drug-likeness (QED) is 0.333. The molecular formula is C25H30N2O2S2. The first-order valence-corrected chi connectivity index (χ1v) is 13.7. The van der Waals surface area contributed by atoms with Gasteiger partial charge in [-0.25, -0.2) is 4.98 Å². The number of aryl methyl sites for hydroxylation is 2. The number of Topliss-reactive ketones (excluding diaryl/α,β-unsaturated/α-hetero) is 1. The van der Waals surface area contributed by atoms with Crippen LogP contribution < -0.4 is 5.56 Å². The van der Waals surface area contributed by atoms with Crippen LogP contribution in [0.4, 0.5) is 0 Å². The molecule has 0 aliphatic heterocycles. The molecule has 7 rings (SSSR count). The first-order chi connectivity index (χ1) is 15.1. The van der Waals surface area contributed by atoms with Gasteiger partial charge in [-0.2, -0.15) is 0 Å². The number of hydrogen-bond donors (Lipinski definition) is 0. The van der Waals surface area contributed by atoms with E-state index >= 15 is 0 Å². The van der Waals surface area contributed by atoms with Crippen LogP contribution in [-0.2, 0) is 24.2 Å². The number of nitrogens with zero attached hydrogens (tertiary/aromatic N) is 2. The summed E-state index contributed by atoms with van der Waals surface area (Å²) in [6, 6.07) is 0. The predicted molar refractivity (Wildman–Crippen MR) is 127 cm³/mol. The third-order valence-corrected chi connectivity index (χ3v) is 10.5. The average Bonchev–Trinajstić information content (AvgIpc) is 3.12. The predicted octanol–water partition coefficient (Wildman–Crippen LogP) is 5.40. The third-order valence-electron chi connectivity index (χ3n) is 8.31. The van der Waals surface area contributed by atoms with Crippen LogP contribution in [0, 0.1) is 23.2 Å². The fourth-order valence-corrected chi connectivity index (χ4v) is 9.70. The molecule has 4 saturated carbocycles. The van der Waals surface area contributed by atoms with Gasteiger partial charge in [-0.15, -0.1) is 17.9 Å². The van der Waals surface area contributed by atoms with Crippen LogP contribution >= 0.6 is 23.1 Å². The van der Waals surface area contributed by atoms with Gasteiger partial charge >= 0.3 is 0 Å². The van der Waals surface area contributed by atoms with Crippen molar-refractivity contribution >= 4 is 39.1 Å². The van der Waals surface area contributed by atoms with Crippen LogP contribution in [0.15, 0.2) is 22.6 Å². The molecule has 0 spiro atoms. The first kappa shape index (κ1) is 20.2. The number of rotatable bonds is 6. The molecule has 0 amide bonds. The van der Waals surface area contributed by atoms with Gasteiger partial charge in [0.05, 0.1) is 11.1 Å². The number of thioether (sulfide) groups is 1. The Balaban J connectivity index is 1.30. The normalized spacial score (nSPS) is 31.2. The number of carbonyl (C=O) groups excluding carboxylic acids is 1. The molecule has 4 nitrogen and oxygen atoms in total. The van der Waals surface area contributed by atoms with Crippen molar-refractivity contribution < 1.29 is 4.79 Å². The van der Waals surface area contributed by atoms with Gasteiger partial charge in [-0.3, -0.25) is 14.2 Å². The Bertz CT molecular complexity index is 1090. The zero-order valence-corrected chi connectivity index (χ0v) is 19.7. The summed E-state index contributed by atoms with van der Waals surface area (Å²) in [6.45, 7) is 4.30. The van der Waals surface area contributed by atoms with E-state index < -0.39 is 0 Å². The maximum atomic E-state index is 13.5. The second-order valence-electron chi connectivity index (χ2n) is 10.4. The summed E-state index contributed by atoms with van der Waals surface area (Å²) < 4.78 is 1.74. The van der Waals surface area contributed by atoms with E-state index in [0.717, 1.165) is 66.5 Å². The lowest BCUT2D eigenvalue weighted by Gasteiger charge is -2.56. The van der Waals surface area contributed by atoms with Crippen LogP contribution in [0.25, 0.3) is 10.2 Å². The Kier molecular flexibility index (Phi) is 4.95. The fraction of sp³-hybridized carbons (Fsp3) is 0.640. The molecule has 31 heavy (non-hydrogen) atoms. The summed E-state index contributed by atoms with van der Waals surface area (Å²) in [5.41, 5.74) is 1.19. The molecule has 0 aromatic carbocycles. The third kappa shape index (κ3) is 3.28. The molecule has 0 atom stereocenters. The largest absolute Gasteiger partial charge is 0.298 e. The molecule has 4 bridgehead atoms. The highest BCUT2D eigenvalue weighted by molar-refractivity contribution is 7.99. The summed E-state index contributed by atoms with van der Waals surface area (Å²) >= 11 is 3.17. The van der Waals surface area contributed by atoms with E-state index in [0.29, 0.717) is 23.2 Å². The van der Waals surface area contributed by atoms with E-state index in [1.54, 1.807) is 22.0 Å². The van der Waals surface area contributed by atoms with Crippen molar-refractivity contribution in [3.8, 4) is 0 Å². The highest BCUT2D eigenvalue weighted by Gasteiger charge is 2.54. The van der Waals surface area contributed by atoms with Gasteiger partial charge < -0.3 is 0 Å². The lowest BCUT2D eigenvalue weighted by Crippen LogP contribution is -2.50. The van der Waals surface area contributed by atoms with E-state index in [-0.39, 0.29) is 11.0 Å².